The molecule has 0 spiro atoms. The molecule has 2 N–H and O–H groups in total. The number of hydrogen-bond donors (Lipinski definition) is 2. The van der Waals surface area contributed by atoms with Gasteiger partial charge in [-0.25, -0.2) is 13.1 Å². The molecule has 0 unspecified atom stereocenters. The summed E-state index contributed by atoms with van der Waals surface area (Å²) < 4.78 is 31.1. The predicted molar refractivity (Wildman–Crippen MR) is 118 cm³/mol. The van der Waals surface area contributed by atoms with Crippen molar-refractivity contribution < 1.29 is 22.7 Å². The molecule has 1 fully saturated rings. The number of anilines is 1. The van der Waals surface area contributed by atoms with Crippen LogP contribution < -0.4 is 10.0 Å². The third kappa shape index (κ3) is 5.69. The van der Waals surface area contributed by atoms with Gasteiger partial charge < -0.3 is 15.0 Å². The maximum atomic E-state index is 12.8. The van der Waals surface area contributed by atoms with Crippen LogP contribution in [0, 0.1) is 6.92 Å². The van der Waals surface area contributed by atoms with Crippen LogP contribution in [0.4, 0.5) is 5.69 Å². The van der Waals surface area contributed by atoms with Crippen molar-refractivity contribution in [3.8, 4) is 0 Å². The monoisotopic (exact) mass is 445 g/mol. The van der Waals surface area contributed by atoms with E-state index in [0.29, 0.717) is 44.0 Å². The van der Waals surface area contributed by atoms with Gasteiger partial charge in [-0.05, 0) is 55.8 Å². The molecule has 2 aromatic rings. The number of carbonyl (C=O) groups is 2. The van der Waals surface area contributed by atoms with Crippen molar-refractivity contribution in [3.63, 3.8) is 0 Å². The largest absolute Gasteiger partial charge is 0.378 e. The molecule has 0 atom stereocenters. The molecular formula is C22H27N3O5S. The van der Waals surface area contributed by atoms with Gasteiger partial charge in [-0.2, -0.15) is 0 Å². The van der Waals surface area contributed by atoms with Crippen molar-refractivity contribution in [2.45, 2.75) is 24.7 Å². The van der Waals surface area contributed by atoms with Crippen LogP contribution in [-0.4, -0.2) is 58.5 Å². The van der Waals surface area contributed by atoms with Crippen molar-refractivity contribution in [3.05, 3.63) is 59.2 Å². The van der Waals surface area contributed by atoms with Gasteiger partial charge in [0.25, 0.3) is 5.91 Å². The highest BCUT2D eigenvalue weighted by molar-refractivity contribution is 7.89. The third-order valence-electron chi connectivity index (χ3n) is 5.28. The highest BCUT2D eigenvalue weighted by Gasteiger charge is 2.21. The van der Waals surface area contributed by atoms with E-state index in [-0.39, 0.29) is 23.1 Å². The summed E-state index contributed by atoms with van der Waals surface area (Å²) in [5, 5.41) is 2.88. The Morgan fingerprint density at radius 2 is 1.74 bits per heavy atom. The first kappa shape index (κ1) is 22.9. The van der Waals surface area contributed by atoms with E-state index < -0.39 is 10.0 Å². The molecule has 9 heteroatoms. The zero-order chi connectivity index (χ0) is 22.4. The van der Waals surface area contributed by atoms with Crippen LogP contribution in [0.3, 0.4) is 0 Å². The summed E-state index contributed by atoms with van der Waals surface area (Å²) in [7, 11) is -2.12. The van der Waals surface area contributed by atoms with Gasteiger partial charge in [0.2, 0.25) is 15.9 Å². The van der Waals surface area contributed by atoms with E-state index in [0.717, 1.165) is 11.1 Å². The number of ether oxygens (including phenoxy) is 1. The number of rotatable bonds is 7. The molecule has 1 saturated heterocycles. The predicted octanol–water partition coefficient (Wildman–Crippen LogP) is 1.95. The number of hydrogen-bond acceptors (Lipinski definition) is 5. The topological polar surface area (TPSA) is 105 Å². The maximum absolute atomic E-state index is 12.8. The second kappa shape index (κ2) is 10.0. The summed E-state index contributed by atoms with van der Waals surface area (Å²) in [5.41, 5.74) is 2.77. The summed E-state index contributed by atoms with van der Waals surface area (Å²) in [6, 6.07) is 11.7. The number of morpholine rings is 1. The standard InChI is InChI=1S/C22H27N3O5S/c1-16-19(22(27)25-12-14-30-15-13-25)4-3-5-20(16)24-21(26)11-8-17-6-9-18(10-7-17)31(28,29)23-2/h3-7,9-10,23H,8,11-15H2,1-2H3,(H,24,26). The molecule has 0 saturated carbocycles. The molecule has 1 aliphatic rings. The number of benzene rings is 2. The van der Waals surface area contributed by atoms with Crippen molar-refractivity contribution in [2.24, 2.45) is 0 Å². The van der Waals surface area contributed by atoms with Crippen molar-refractivity contribution >= 4 is 27.5 Å². The van der Waals surface area contributed by atoms with E-state index in [1.54, 1.807) is 35.2 Å². The molecule has 8 nitrogen and oxygen atoms in total. The van der Waals surface area contributed by atoms with Gasteiger partial charge in [-0.15, -0.1) is 0 Å². The van der Waals surface area contributed by atoms with Crippen LogP contribution in [0.25, 0.3) is 0 Å². The van der Waals surface area contributed by atoms with Crippen LogP contribution in [0.1, 0.15) is 27.9 Å². The van der Waals surface area contributed by atoms with Gasteiger partial charge in [-0.1, -0.05) is 18.2 Å². The zero-order valence-corrected chi connectivity index (χ0v) is 18.5. The summed E-state index contributed by atoms with van der Waals surface area (Å²) in [4.78, 5) is 27.2. The number of amides is 2. The number of aryl methyl sites for hydroxylation is 1. The lowest BCUT2D eigenvalue weighted by Crippen LogP contribution is -2.41. The van der Waals surface area contributed by atoms with Crippen molar-refractivity contribution in [1.82, 2.24) is 9.62 Å². The summed E-state index contributed by atoms with van der Waals surface area (Å²) in [6.07, 6.45) is 0.705. The van der Waals surface area contributed by atoms with Crippen LogP contribution >= 0.6 is 0 Å². The Morgan fingerprint density at radius 3 is 2.39 bits per heavy atom. The normalized spacial score (nSPS) is 14.3. The lowest BCUT2D eigenvalue weighted by molar-refractivity contribution is -0.116. The van der Waals surface area contributed by atoms with Crippen LogP contribution in [0.15, 0.2) is 47.4 Å². The van der Waals surface area contributed by atoms with E-state index in [1.165, 1.54) is 19.2 Å². The number of carbonyl (C=O) groups excluding carboxylic acids is 2. The zero-order valence-electron chi connectivity index (χ0n) is 17.7. The number of nitrogens with zero attached hydrogens (tertiary/aromatic N) is 1. The van der Waals surface area contributed by atoms with Crippen LogP contribution in [0.5, 0.6) is 0 Å². The fraction of sp³-hybridized carbons (Fsp3) is 0.364. The Labute approximate surface area is 182 Å². The van der Waals surface area contributed by atoms with Gasteiger partial charge in [0.1, 0.15) is 0 Å². The first-order chi connectivity index (χ1) is 14.8. The lowest BCUT2D eigenvalue weighted by atomic mass is 10.0. The second-order valence-electron chi connectivity index (χ2n) is 7.28. The number of nitrogens with one attached hydrogen (secondary N) is 2. The molecule has 0 bridgehead atoms. The molecule has 1 heterocycles. The minimum absolute atomic E-state index is 0.0616. The van der Waals surface area contributed by atoms with Gasteiger partial charge in [0.05, 0.1) is 18.1 Å². The molecule has 0 aromatic heterocycles. The molecule has 31 heavy (non-hydrogen) atoms. The molecule has 2 amide bonds. The highest BCUT2D eigenvalue weighted by Crippen LogP contribution is 2.21. The SMILES string of the molecule is CNS(=O)(=O)c1ccc(CCC(=O)Nc2cccc(C(=O)N3CCOCC3)c2C)cc1. The van der Waals surface area contributed by atoms with E-state index in [4.69, 9.17) is 4.74 Å². The fourth-order valence-electron chi connectivity index (χ4n) is 3.36. The minimum atomic E-state index is -3.48. The first-order valence-electron chi connectivity index (χ1n) is 10.1. The van der Waals surface area contributed by atoms with Crippen LogP contribution in [-0.2, 0) is 26.0 Å². The first-order valence-corrected chi connectivity index (χ1v) is 11.6. The summed E-state index contributed by atoms with van der Waals surface area (Å²) in [5.74, 6) is -0.237. The third-order valence-corrected chi connectivity index (χ3v) is 6.71. The Balaban J connectivity index is 1.61. The van der Waals surface area contributed by atoms with Gasteiger partial charge >= 0.3 is 0 Å². The quantitative estimate of drug-likeness (QED) is 0.678. The maximum Gasteiger partial charge on any atom is 0.254 e. The Kier molecular flexibility index (Phi) is 7.42. The lowest BCUT2D eigenvalue weighted by Gasteiger charge is -2.27. The van der Waals surface area contributed by atoms with E-state index in [1.807, 2.05) is 6.92 Å². The molecular weight excluding hydrogens is 418 g/mol. The molecule has 2 aromatic carbocycles. The van der Waals surface area contributed by atoms with E-state index in [9.17, 15) is 18.0 Å². The van der Waals surface area contributed by atoms with Gasteiger partial charge in [-0.3, -0.25) is 9.59 Å². The molecule has 166 valence electrons. The molecule has 0 radical (unpaired) electrons. The average molecular weight is 446 g/mol. The Hall–Kier alpha value is -2.75. The fourth-order valence-corrected chi connectivity index (χ4v) is 4.09. The summed E-state index contributed by atoms with van der Waals surface area (Å²) in [6.45, 7) is 4.00. The Bertz CT molecular complexity index is 1050. The van der Waals surface area contributed by atoms with Crippen molar-refractivity contribution in [1.29, 1.82) is 0 Å². The van der Waals surface area contributed by atoms with Crippen LogP contribution in [0.2, 0.25) is 0 Å². The van der Waals surface area contributed by atoms with Crippen molar-refractivity contribution in [2.75, 3.05) is 38.7 Å². The van der Waals surface area contributed by atoms with E-state index in [2.05, 4.69) is 10.0 Å². The molecule has 1 aliphatic heterocycles. The van der Waals surface area contributed by atoms with Gasteiger partial charge in [0, 0.05) is 30.8 Å². The smallest absolute Gasteiger partial charge is 0.254 e. The summed E-state index contributed by atoms with van der Waals surface area (Å²) >= 11 is 0. The molecule has 0 aliphatic carbocycles. The second-order valence-corrected chi connectivity index (χ2v) is 9.17. The average Bonchev–Trinajstić information content (AvgIpc) is 2.79. The Morgan fingerprint density at radius 1 is 1.06 bits per heavy atom. The van der Waals surface area contributed by atoms with E-state index >= 15 is 0 Å². The number of sulfonamides is 1. The van der Waals surface area contributed by atoms with Gasteiger partial charge in [0.15, 0.2) is 0 Å². The molecule has 3 rings (SSSR count). The minimum Gasteiger partial charge on any atom is -0.378 e. The highest BCUT2D eigenvalue weighted by atomic mass is 32.2.